The Bertz CT molecular complexity index is 1440. The van der Waals surface area contributed by atoms with Crippen molar-refractivity contribution in [3.05, 3.63) is 71.8 Å². The maximum absolute atomic E-state index is 13.5. The van der Waals surface area contributed by atoms with Crippen LogP contribution in [0.25, 0.3) is 11.1 Å². The molecule has 0 spiro atoms. The van der Waals surface area contributed by atoms with Gasteiger partial charge in [-0.15, -0.1) is 0 Å². The van der Waals surface area contributed by atoms with Crippen molar-refractivity contribution in [3.8, 4) is 22.6 Å². The predicted molar refractivity (Wildman–Crippen MR) is 173 cm³/mol. The van der Waals surface area contributed by atoms with Crippen molar-refractivity contribution >= 4 is 23.3 Å². The van der Waals surface area contributed by atoms with Crippen molar-refractivity contribution < 1.29 is 23.8 Å². The van der Waals surface area contributed by atoms with Gasteiger partial charge in [-0.25, -0.2) is 4.79 Å². The second kappa shape index (κ2) is 14.9. The Hall–Kier alpha value is -4.28. The van der Waals surface area contributed by atoms with E-state index in [0.29, 0.717) is 63.0 Å². The number of morpholine rings is 1. The molecule has 2 fully saturated rings. The number of nitrogens with one attached hydrogen (secondary N) is 1. The van der Waals surface area contributed by atoms with Crippen LogP contribution in [0.1, 0.15) is 35.2 Å². The summed E-state index contributed by atoms with van der Waals surface area (Å²) >= 11 is 0. The van der Waals surface area contributed by atoms with Gasteiger partial charge in [-0.1, -0.05) is 24.3 Å². The molecule has 0 saturated carbocycles. The number of ether oxygens (including phenoxy) is 3. The van der Waals surface area contributed by atoms with E-state index < -0.39 is 0 Å². The smallest absolute Gasteiger partial charge is 0.320 e. The standard InChI is InChI=1S/C34H43N5O5/c1-42-31-12-10-28(23-32(31)43-2)33(40)36-29-22-27(9-11-30(29)37-14-3-4-15-37)26-8-5-7-25(21-26)24-39(16-6-13-35)34(41)38-17-19-44-20-18-38/h5,7-12,21-23H,3-4,6,13-20,24,35H2,1-2H3,(H,36,40). The molecule has 2 aliphatic rings. The molecule has 5 rings (SSSR count). The van der Waals surface area contributed by atoms with Crippen LogP contribution in [-0.4, -0.2) is 88.4 Å². The van der Waals surface area contributed by atoms with Crippen molar-refractivity contribution in [2.24, 2.45) is 5.73 Å². The minimum atomic E-state index is -0.227. The molecule has 10 nitrogen and oxygen atoms in total. The van der Waals surface area contributed by atoms with Crippen molar-refractivity contribution in [1.82, 2.24) is 9.80 Å². The van der Waals surface area contributed by atoms with E-state index in [9.17, 15) is 9.59 Å². The van der Waals surface area contributed by atoms with E-state index in [2.05, 4.69) is 34.5 Å². The predicted octanol–water partition coefficient (Wildman–Crippen LogP) is 4.83. The number of carbonyl (C=O) groups excluding carboxylic acids is 2. The molecule has 3 N–H and O–H groups in total. The fourth-order valence-corrected chi connectivity index (χ4v) is 5.77. The monoisotopic (exact) mass is 601 g/mol. The normalized spacial score (nSPS) is 14.8. The SMILES string of the molecule is COc1ccc(C(=O)Nc2cc(-c3cccc(CN(CCCN)C(=O)N4CCOCC4)c3)ccc2N2CCCC2)cc1OC. The van der Waals surface area contributed by atoms with Crippen LogP contribution in [0.5, 0.6) is 11.5 Å². The molecule has 10 heteroatoms. The molecular weight excluding hydrogens is 558 g/mol. The number of rotatable bonds is 11. The number of anilines is 2. The van der Waals surface area contributed by atoms with E-state index in [1.165, 1.54) is 0 Å². The second-order valence-corrected chi connectivity index (χ2v) is 11.1. The van der Waals surface area contributed by atoms with Gasteiger partial charge in [-0.3, -0.25) is 4.79 Å². The highest BCUT2D eigenvalue weighted by molar-refractivity contribution is 6.06. The summed E-state index contributed by atoms with van der Waals surface area (Å²) in [6.07, 6.45) is 2.98. The molecule has 0 radical (unpaired) electrons. The maximum atomic E-state index is 13.5. The topological polar surface area (TPSA) is 110 Å². The van der Waals surface area contributed by atoms with Crippen molar-refractivity contribution in [2.75, 3.05) is 76.9 Å². The number of urea groups is 1. The van der Waals surface area contributed by atoms with Crippen LogP contribution in [0.15, 0.2) is 60.7 Å². The van der Waals surface area contributed by atoms with Crippen molar-refractivity contribution in [2.45, 2.75) is 25.8 Å². The Morgan fingerprint density at radius 1 is 0.909 bits per heavy atom. The molecule has 2 aliphatic heterocycles. The van der Waals surface area contributed by atoms with Crippen LogP contribution in [0.2, 0.25) is 0 Å². The molecule has 234 valence electrons. The third kappa shape index (κ3) is 7.43. The number of hydrogen-bond donors (Lipinski definition) is 2. The molecule has 3 aromatic rings. The van der Waals surface area contributed by atoms with Gasteiger partial charge >= 0.3 is 6.03 Å². The summed E-state index contributed by atoms with van der Waals surface area (Å²) in [5.41, 5.74) is 11.0. The summed E-state index contributed by atoms with van der Waals surface area (Å²) in [6, 6.07) is 19.6. The van der Waals surface area contributed by atoms with E-state index >= 15 is 0 Å². The molecule has 44 heavy (non-hydrogen) atoms. The minimum absolute atomic E-state index is 0.0160. The van der Waals surface area contributed by atoms with Crippen LogP contribution in [-0.2, 0) is 11.3 Å². The van der Waals surface area contributed by atoms with Crippen LogP contribution < -0.4 is 25.4 Å². The average molecular weight is 602 g/mol. The lowest BCUT2D eigenvalue weighted by atomic mass is 10.0. The molecule has 0 aliphatic carbocycles. The Morgan fingerprint density at radius 3 is 2.39 bits per heavy atom. The number of methoxy groups -OCH3 is 2. The third-order valence-electron chi connectivity index (χ3n) is 8.16. The van der Waals surface area contributed by atoms with Gasteiger partial charge in [0, 0.05) is 44.8 Å². The lowest BCUT2D eigenvalue weighted by Crippen LogP contribution is -2.48. The van der Waals surface area contributed by atoms with E-state index in [-0.39, 0.29) is 11.9 Å². The highest BCUT2D eigenvalue weighted by atomic mass is 16.5. The molecule has 2 heterocycles. The summed E-state index contributed by atoms with van der Waals surface area (Å²) in [4.78, 5) is 32.9. The highest BCUT2D eigenvalue weighted by Gasteiger charge is 2.23. The molecule has 0 atom stereocenters. The van der Waals surface area contributed by atoms with Crippen LogP contribution in [0, 0.1) is 0 Å². The van der Waals surface area contributed by atoms with Gasteiger partial charge in [0.25, 0.3) is 5.91 Å². The first-order valence-corrected chi connectivity index (χ1v) is 15.3. The zero-order valence-corrected chi connectivity index (χ0v) is 25.7. The second-order valence-electron chi connectivity index (χ2n) is 11.1. The molecule has 3 amide bonds. The van der Waals surface area contributed by atoms with Gasteiger partial charge in [-0.05, 0) is 78.9 Å². The number of nitrogens with zero attached hydrogens (tertiary/aromatic N) is 3. The summed E-state index contributed by atoms with van der Waals surface area (Å²) in [5, 5.41) is 3.17. The zero-order chi connectivity index (χ0) is 30.9. The lowest BCUT2D eigenvalue weighted by molar-refractivity contribution is 0.0425. The van der Waals surface area contributed by atoms with Gasteiger partial charge < -0.3 is 40.0 Å². The number of nitrogens with two attached hydrogens (primary N) is 1. The van der Waals surface area contributed by atoms with Gasteiger partial charge in [0.15, 0.2) is 11.5 Å². The fourth-order valence-electron chi connectivity index (χ4n) is 5.77. The number of amides is 3. The molecule has 0 bridgehead atoms. The summed E-state index contributed by atoms with van der Waals surface area (Å²) in [6.45, 7) is 5.81. The summed E-state index contributed by atoms with van der Waals surface area (Å²) < 4.78 is 16.2. The number of carbonyl (C=O) groups is 2. The summed E-state index contributed by atoms with van der Waals surface area (Å²) in [7, 11) is 3.12. The van der Waals surface area contributed by atoms with Crippen molar-refractivity contribution in [1.29, 1.82) is 0 Å². The van der Waals surface area contributed by atoms with Gasteiger partial charge in [0.05, 0.1) is 38.8 Å². The Balaban J connectivity index is 1.40. The van der Waals surface area contributed by atoms with Gasteiger partial charge in [-0.2, -0.15) is 0 Å². The fraction of sp³-hybridized carbons (Fsp3) is 0.412. The van der Waals surface area contributed by atoms with E-state index in [0.717, 1.165) is 60.4 Å². The number of hydrogen-bond acceptors (Lipinski definition) is 7. The Labute approximate surface area is 259 Å². The highest BCUT2D eigenvalue weighted by Crippen LogP contribution is 2.35. The summed E-state index contributed by atoms with van der Waals surface area (Å²) in [5.74, 6) is 0.837. The zero-order valence-electron chi connectivity index (χ0n) is 25.7. The third-order valence-corrected chi connectivity index (χ3v) is 8.16. The van der Waals surface area contributed by atoms with Gasteiger partial charge in [0.2, 0.25) is 0 Å². The molecule has 0 unspecified atom stereocenters. The largest absolute Gasteiger partial charge is 0.493 e. The van der Waals surface area contributed by atoms with E-state index in [1.807, 2.05) is 28.0 Å². The first kappa shape index (κ1) is 31.2. The van der Waals surface area contributed by atoms with E-state index in [1.54, 1.807) is 32.4 Å². The first-order valence-electron chi connectivity index (χ1n) is 15.3. The Morgan fingerprint density at radius 2 is 1.66 bits per heavy atom. The molecule has 2 saturated heterocycles. The molecule has 3 aromatic carbocycles. The Kier molecular flexibility index (Phi) is 10.6. The van der Waals surface area contributed by atoms with Gasteiger partial charge in [0.1, 0.15) is 0 Å². The average Bonchev–Trinajstić information content (AvgIpc) is 3.61. The molecule has 0 aromatic heterocycles. The lowest BCUT2D eigenvalue weighted by Gasteiger charge is -2.33. The quantitative estimate of drug-likeness (QED) is 0.324. The van der Waals surface area contributed by atoms with Crippen LogP contribution in [0.4, 0.5) is 16.2 Å². The van der Waals surface area contributed by atoms with Crippen LogP contribution >= 0.6 is 0 Å². The first-order chi connectivity index (χ1) is 21.5. The molecular formula is C34H43N5O5. The van der Waals surface area contributed by atoms with Crippen LogP contribution in [0.3, 0.4) is 0 Å². The van der Waals surface area contributed by atoms with Crippen molar-refractivity contribution in [3.63, 3.8) is 0 Å². The maximum Gasteiger partial charge on any atom is 0.320 e. The number of benzene rings is 3. The van der Waals surface area contributed by atoms with E-state index in [4.69, 9.17) is 19.9 Å². The minimum Gasteiger partial charge on any atom is -0.493 e.